The summed E-state index contributed by atoms with van der Waals surface area (Å²) in [6.45, 7) is 2.21. The Morgan fingerprint density at radius 1 is 1.55 bits per heavy atom. The Hall–Kier alpha value is -1.44. The third-order valence-corrected chi connectivity index (χ3v) is 4.51. The van der Waals surface area contributed by atoms with Gasteiger partial charge in [-0.15, -0.1) is 23.7 Å². The lowest BCUT2D eigenvalue weighted by Crippen LogP contribution is -2.45. The number of hydrogen-bond donors (Lipinski definition) is 2. The number of carbonyl (C=O) groups excluding carboxylic acids is 1. The van der Waals surface area contributed by atoms with Gasteiger partial charge >= 0.3 is 0 Å². The van der Waals surface area contributed by atoms with Crippen LogP contribution in [0.1, 0.15) is 19.3 Å². The van der Waals surface area contributed by atoms with Gasteiger partial charge in [-0.2, -0.15) is 0 Å². The van der Waals surface area contributed by atoms with Crippen LogP contribution in [0.25, 0.3) is 10.2 Å². The van der Waals surface area contributed by atoms with Gasteiger partial charge in [0.2, 0.25) is 5.91 Å². The van der Waals surface area contributed by atoms with E-state index in [0.29, 0.717) is 18.4 Å². The van der Waals surface area contributed by atoms with Gasteiger partial charge in [-0.25, -0.2) is 4.98 Å². The second kappa shape index (κ2) is 7.71. The summed E-state index contributed by atoms with van der Waals surface area (Å²) >= 11 is 1.45. The fourth-order valence-electron chi connectivity index (χ4n) is 2.55. The topological polar surface area (TPSA) is 76.0 Å². The number of aromatic nitrogens is 2. The molecular weight excluding hydrogens is 324 g/mol. The highest BCUT2D eigenvalue weighted by Crippen LogP contribution is 2.13. The Labute approximate surface area is 138 Å². The van der Waals surface area contributed by atoms with Crippen molar-refractivity contribution in [1.82, 2.24) is 20.2 Å². The highest BCUT2D eigenvalue weighted by molar-refractivity contribution is 7.16. The molecule has 120 valence electrons. The highest BCUT2D eigenvalue weighted by atomic mass is 35.5. The van der Waals surface area contributed by atoms with Crippen molar-refractivity contribution in [3.63, 3.8) is 0 Å². The van der Waals surface area contributed by atoms with E-state index in [-0.39, 0.29) is 29.9 Å². The van der Waals surface area contributed by atoms with Crippen LogP contribution in [0.15, 0.2) is 22.6 Å². The first-order valence-corrected chi connectivity index (χ1v) is 8.05. The van der Waals surface area contributed by atoms with Crippen molar-refractivity contribution in [3.8, 4) is 0 Å². The van der Waals surface area contributed by atoms with Crippen LogP contribution in [0.5, 0.6) is 0 Å². The number of carbonyl (C=O) groups is 1. The zero-order chi connectivity index (χ0) is 14.7. The lowest BCUT2D eigenvalue weighted by molar-refractivity contribution is -0.122. The predicted molar refractivity (Wildman–Crippen MR) is 89.8 cm³/mol. The zero-order valence-electron chi connectivity index (χ0n) is 12.1. The van der Waals surface area contributed by atoms with Crippen molar-refractivity contribution in [2.75, 3.05) is 13.1 Å². The molecule has 2 N–H and O–H groups in total. The van der Waals surface area contributed by atoms with Crippen LogP contribution in [-0.4, -0.2) is 34.6 Å². The Morgan fingerprint density at radius 2 is 2.41 bits per heavy atom. The SMILES string of the molecule is Cl.O=C(CCn1cnc2sccc2c1=O)NC1CCCNC1. The van der Waals surface area contributed by atoms with E-state index in [4.69, 9.17) is 0 Å². The standard InChI is InChI=1S/C14H18N4O2S.ClH/c19-12(17-10-2-1-5-15-8-10)3-6-18-9-16-13-11(14(18)20)4-7-21-13;/h4,7,9-10,15H,1-3,5-6,8H2,(H,17,19);1H. The summed E-state index contributed by atoms with van der Waals surface area (Å²) in [5, 5.41) is 8.74. The Kier molecular flexibility index (Phi) is 5.93. The summed E-state index contributed by atoms with van der Waals surface area (Å²) in [4.78, 5) is 29.1. The highest BCUT2D eigenvalue weighted by Gasteiger charge is 2.15. The van der Waals surface area contributed by atoms with Crippen LogP contribution in [0, 0.1) is 0 Å². The summed E-state index contributed by atoms with van der Waals surface area (Å²) < 4.78 is 1.51. The van der Waals surface area contributed by atoms with Crippen molar-refractivity contribution < 1.29 is 4.79 Å². The molecule has 0 bridgehead atoms. The molecular formula is C14H19ClN4O2S. The monoisotopic (exact) mass is 342 g/mol. The van der Waals surface area contributed by atoms with Crippen LogP contribution in [0.3, 0.4) is 0 Å². The first-order chi connectivity index (χ1) is 10.2. The predicted octanol–water partition coefficient (Wildman–Crippen LogP) is 1.14. The van der Waals surface area contributed by atoms with Crippen molar-refractivity contribution in [2.24, 2.45) is 0 Å². The Balaban J connectivity index is 0.00000176. The molecule has 3 heterocycles. The van der Waals surface area contributed by atoms with Crippen LogP contribution < -0.4 is 16.2 Å². The minimum absolute atomic E-state index is 0. The molecule has 1 fully saturated rings. The second-order valence-corrected chi connectivity index (χ2v) is 6.14. The zero-order valence-corrected chi connectivity index (χ0v) is 13.7. The summed E-state index contributed by atoms with van der Waals surface area (Å²) in [6.07, 6.45) is 3.93. The summed E-state index contributed by atoms with van der Waals surface area (Å²) in [6, 6.07) is 1.99. The second-order valence-electron chi connectivity index (χ2n) is 5.24. The fraction of sp³-hybridized carbons (Fsp3) is 0.500. The number of hydrogen-bond acceptors (Lipinski definition) is 5. The van der Waals surface area contributed by atoms with Crippen molar-refractivity contribution >= 4 is 39.9 Å². The molecule has 1 aliphatic heterocycles. The molecule has 6 nitrogen and oxygen atoms in total. The minimum Gasteiger partial charge on any atom is -0.352 e. The molecule has 1 amide bonds. The molecule has 2 aromatic rings. The average Bonchev–Trinajstić information content (AvgIpc) is 2.97. The van der Waals surface area contributed by atoms with E-state index in [1.54, 1.807) is 6.07 Å². The molecule has 3 rings (SSSR count). The lowest BCUT2D eigenvalue weighted by atomic mass is 10.1. The molecule has 1 unspecified atom stereocenters. The third-order valence-electron chi connectivity index (χ3n) is 3.69. The quantitative estimate of drug-likeness (QED) is 0.873. The Bertz CT molecular complexity index is 693. The molecule has 0 spiro atoms. The molecule has 0 saturated carbocycles. The van der Waals surface area contributed by atoms with Crippen molar-refractivity contribution in [3.05, 3.63) is 28.1 Å². The summed E-state index contributed by atoms with van der Waals surface area (Å²) in [5.41, 5.74) is -0.0756. The molecule has 22 heavy (non-hydrogen) atoms. The minimum atomic E-state index is -0.0756. The average molecular weight is 343 g/mol. The number of rotatable bonds is 4. The summed E-state index contributed by atoms with van der Waals surface area (Å²) in [7, 11) is 0. The van der Waals surface area contributed by atoms with Crippen molar-refractivity contribution in [2.45, 2.75) is 31.8 Å². The van der Waals surface area contributed by atoms with Crippen LogP contribution in [0.4, 0.5) is 0 Å². The molecule has 1 aliphatic rings. The molecule has 2 aromatic heterocycles. The van der Waals surface area contributed by atoms with Gasteiger partial charge in [-0.1, -0.05) is 0 Å². The van der Waals surface area contributed by atoms with Crippen LogP contribution >= 0.6 is 23.7 Å². The van der Waals surface area contributed by atoms with Crippen molar-refractivity contribution in [1.29, 1.82) is 0 Å². The van der Waals surface area contributed by atoms with Gasteiger partial charge < -0.3 is 10.6 Å². The molecule has 1 atom stereocenters. The van der Waals surface area contributed by atoms with E-state index in [1.807, 2.05) is 5.38 Å². The van der Waals surface area contributed by atoms with Crippen LogP contribution in [0.2, 0.25) is 0 Å². The van der Waals surface area contributed by atoms with E-state index in [2.05, 4.69) is 15.6 Å². The number of aryl methyl sites for hydroxylation is 1. The smallest absolute Gasteiger partial charge is 0.262 e. The van der Waals surface area contributed by atoms with Gasteiger partial charge in [0.25, 0.3) is 5.56 Å². The Morgan fingerprint density at radius 3 is 3.18 bits per heavy atom. The molecule has 1 saturated heterocycles. The van der Waals surface area contributed by atoms with Gasteiger partial charge in [-0.05, 0) is 30.8 Å². The number of amides is 1. The van der Waals surface area contributed by atoms with Crippen LogP contribution in [-0.2, 0) is 11.3 Å². The molecule has 8 heteroatoms. The fourth-order valence-corrected chi connectivity index (χ4v) is 3.27. The van der Waals surface area contributed by atoms with E-state index < -0.39 is 0 Å². The maximum absolute atomic E-state index is 12.2. The number of nitrogens with zero attached hydrogens (tertiary/aromatic N) is 2. The number of fused-ring (bicyclic) bond motifs is 1. The maximum Gasteiger partial charge on any atom is 0.262 e. The number of halogens is 1. The molecule has 0 aromatic carbocycles. The van der Waals surface area contributed by atoms with E-state index in [1.165, 1.54) is 22.2 Å². The first-order valence-electron chi connectivity index (χ1n) is 7.17. The van der Waals surface area contributed by atoms with E-state index >= 15 is 0 Å². The van der Waals surface area contributed by atoms with E-state index in [0.717, 1.165) is 30.8 Å². The third kappa shape index (κ3) is 3.85. The van der Waals surface area contributed by atoms with E-state index in [9.17, 15) is 9.59 Å². The van der Waals surface area contributed by atoms with Gasteiger partial charge in [0.1, 0.15) is 4.83 Å². The van der Waals surface area contributed by atoms with Gasteiger partial charge in [0.15, 0.2) is 0 Å². The summed E-state index contributed by atoms with van der Waals surface area (Å²) in [5.74, 6) is -0.0129. The number of nitrogens with one attached hydrogen (secondary N) is 2. The normalized spacial score (nSPS) is 17.9. The van der Waals surface area contributed by atoms with Gasteiger partial charge in [0, 0.05) is 25.6 Å². The number of thiophene rings is 1. The molecule has 0 aliphatic carbocycles. The maximum atomic E-state index is 12.2. The lowest BCUT2D eigenvalue weighted by Gasteiger charge is -2.23. The largest absolute Gasteiger partial charge is 0.352 e. The first kappa shape index (κ1) is 16.9. The molecule has 0 radical (unpaired) electrons. The number of piperidine rings is 1. The van der Waals surface area contributed by atoms with Gasteiger partial charge in [-0.3, -0.25) is 14.2 Å². The van der Waals surface area contributed by atoms with Gasteiger partial charge in [0.05, 0.1) is 11.7 Å².